The Hall–Kier alpha value is -4.38. The summed E-state index contributed by atoms with van der Waals surface area (Å²) in [5.74, 6) is -1.12. The van der Waals surface area contributed by atoms with Crippen molar-refractivity contribution in [3.05, 3.63) is 101 Å². The molecule has 0 spiro atoms. The van der Waals surface area contributed by atoms with Crippen molar-refractivity contribution in [3.8, 4) is 11.8 Å². The number of carbonyl (C=O) groups excluding carboxylic acids is 2. The van der Waals surface area contributed by atoms with E-state index in [-0.39, 0.29) is 17.0 Å². The van der Waals surface area contributed by atoms with Crippen molar-refractivity contribution in [2.45, 2.75) is 6.18 Å². The van der Waals surface area contributed by atoms with Gasteiger partial charge in [-0.2, -0.15) is 18.4 Å². The molecule has 3 aromatic carbocycles. The average Bonchev–Trinajstić information content (AvgIpc) is 2.78. The van der Waals surface area contributed by atoms with Crippen molar-refractivity contribution in [2.75, 3.05) is 5.32 Å². The number of nitrogens with one attached hydrogen (secondary N) is 1. The van der Waals surface area contributed by atoms with Crippen LogP contribution in [0.25, 0.3) is 6.08 Å². The fourth-order valence-electron chi connectivity index (χ4n) is 2.66. The fourth-order valence-corrected chi connectivity index (χ4v) is 2.66. The lowest BCUT2D eigenvalue weighted by atomic mass is 10.1. The summed E-state index contributed by atoms with van der Waals surface area (Å²) in [4.78, 5) is 24.4. The standard InChI is InChI=1S/C24H15F3N2O3/c25-24(26,27)19-7-4-8-20(14-19)29-22(30)18(15-28)13-16-9-11-21(12-10-16)32-23(31)17-5-2-1-3-6-17/h1-14H,(H,29,30). The lowest BCUT2D eigenvalue weighted by Crippen LogP contribution is -2.14. The number of rotatable bonds is 5. The molecule has 0 heterocycles. The van der Waals surface area contributed by atoms with Crippen molar-refractivity contribution in [2.24, 2.45) is 0 Å². The summed E-state index contributed by atoms with van der Waals surface area (Å²) in [5, 5.41) is 11.6. The topological polar surface area (TPSA) is 79.2 Å². The lowest BCUT2D eigenvalue weighted by Gasteiger charge is -2.09. The molecule has 0 aromatic heterocycles. The van der Waals surface area contributed by atoms with Crippen LogP contribution in [0.4, 0.5) is 18.9 Å². The first-order chi connectivity index (χ1) is 15.3. The molecule has 0 saturated heterocycles. The van der Waals surface area contributed by atoms with E-state index in [1.807, 2.05) is 0 Å². The van der Waals surface area contributed by atoms with Crippen LogP contribution in [-0.2, 0) is 11.0 Å². The molecular weight excluding hydrogens is 421 g/mol. The highest BCUT2D eigenvalue weighted by Gasteiger charge is 2.30. The molecule has 0 saturated carbocycles. The number of carbonyl (C=O) groups is 2. The zero-order chi connectivity index (χ0) is 23.1. The number of nitrogens with zero attached hydrogens (tertiary/aromatic N) is 1. The minimum absolute atomic E-state index is 0.0888. The van der Waals surface area contributed by atoms with Crippen LogP contribution in [0.1, 0.15) is 21.5 Å². The van der Waals surface area contributed by atoms with E-state index in [1.54, 1.807) is 36.4 Å². The molecule has 3 rings (SSSR count). The van der Waals surface area contributed by atoms with E-state index in [4.69, 9.17) is 4.74 Å². The number of benzene rings is 3. The van der Waals surface area contributed by atoms with Gasteiger partial charge in [0, 0.05) is 5.69 Å². The highest BCUT2D eigenvalue weighted by atomic mass is 19.4. The van der Waals surface area contributed by atoms with Crippen molar-refractivity contribution >= 4 is 23.6 Å². The van der Waals surface area contributed by atoms with Gasteiger partial charge in [-0.05, 0) is 54.1 Å². The van der Waals surface area contributed by atoms with Crippen molar-refractivity contribution in [1.29, 1.82) is 5.26 Å². The van der Waals surface area contributed by atoms with Crippen LogP contribution in [0.15, 0.2) is 84.4 Å². The van der Waals surface area contributed by atoms with Gasteiger partial charge in [0.15, 0.2) is 0 Å². The van der Waals surface area contributed by atoms with Crippen molar-refractivity contribution in [1.82, 2.24) is 0 Å². The maximum atomic E-state index is 12.8. The predicted molar refractivity (Wildman–Crippen MR) is 112 cm³/mol. The Labute approximate surface area is 181 Å². The summed E-state index contributed by atoms with van der Waals surface area (Å²) in [6, 6.07) is 20.3. The van der Waals surface area contributed by atoms with Crippen LogP contribution in [0.3, 0.4) is 0 Å². The number of hydrogen-bond donors (Lipinski definition) is 1. The second-order valence-corrected chi connectivity index (χ2v) is 6.53. The average molecular weight is 436 g/mol. The highest BCUT2D eigenvalue weighted by Crippen LogP contribution is 2.30. The van der Waals surface area contributed by atoms with E-state index in [2.05, 4.69) is 5.32 Å². The molecule has 0 bridgehead atoms. The van der Waals surface area contributed by atoms with Gasteiger partial charge in [-0.25, -0.2) is 4.79 Å². The van der Waals surface area contributed by atoms with Gasteiger partial charge in [-0.1, -0.05) is 36.4 Å². The lowest BCUT2D eigenvalue weighted by molar-refractivity contribution is -0.137. The number of amides is 1. The third kappa shape index (κ3) is 5.83. The molecule has 3 aromatic rings. The maximum absolute atomic E-state index is 12.8. The van der Waals surface area contributed by atoms with Crippen LogP contribution in [-0.4, -0.2) is 11.9 Å². The molecular formula is C24H15F3N2O3. The van der Waals surface area contributed by atoms with E-state index in [1.165, 1.54) is 36.4 Å². The summed E-state index contributed by atoms with van der Waals surface area (Å²) in [6.45, 7) is 0. The highest BCUT2D eigenvalue weighted by molar-refractivity contribution is 6.09. The second-order valence-electron chi connectivity index (χ2n) is 6.53. The van der Waals surface area contributed by atoms with Gasteiger partial charge in [-0.15, -0.1) is 0 Å². The molecule has 0 unspecified atom stereocenters. The first-order valence-electron chi connectivity index (χ1n) is 9.24. The normalized spacial score (nSPS) is 11.4. The molecule has 1 N–H and O–H groups in total. The zero-order valence-corrected chi connectivity index (χ0v) is 16.4. The Morgan fingerprint density at radius 3 is 2.25 bits per heavy atom. The van der Waals surface area contributed by atoms with E-state index in [0.717, 1.165) is 18.2 Å². The van der Waals surface area contributed by atoms with Gasteiger partial charge < -0.3 is 10.1 Å². The number of nitriles is 1. The molecule has 160 valence electrons. The summed E-state index contributed by atoms with van der Waals surface area (Å²) in [5.41, 5.74) is -0.473. The van der Waals surface area contributed by atoms with Gasteiger partial charge in [0.05, 0.1) is 11.1 Å². The monoisotopic (exact) mass is 436 g/mol. The van der Waals surface area contributed by atoms with E-state index < -0.39 is 23.6 Å². The molecule has 0 radical (unpaired) electrons. The van der Waals surface area contributed by atoms with E-state index >= 15 is 0 Å². The SMILES string of the molecule is N#CC(=Cc1ccc(OC(=O)c2ccccc2)cc1)C(=O)Nc1cccc(C(F)(F)F)c1. The number of halogens is 3. The third-order valence-electron chi connectivity index (χ3n) is 4.22. The van der Waals surface area contributed by atoms with Crippen molar-refractivity contribution < 1.29 is 27.5 Å². The van der Waals surface area contributed by atoms with Crippen molar-refractivity contribution in [3.63, 3.8) is 0 Å². The minimum atomic E-state index is -4.56. The zero-order valence-electron chi connectivity index (χ0n) is 16.4. The second kappa shape index (κ2) is 9.62. The molecule has 0 aliphatic rings. The van der Waals surface area contributed by atoms with Gasteiger partial charge in [0.25, 0.3) is 5.91 Å². The van der Waals surface area contributed by atoms with Gasteiger partial charge in [0.2, 0.25) is 0 Å². The number of esters is 1. The summed E-state index contributed by atoms with van der Waals surface area (Å²) >= 11 is 0. The van der Waals surface area contributed by atoms with Crippen LogP contribution in [0, 0.1) is 11.3 Å². The summed E-state index contributed by atoms with van der Waals surface area (Å²) < 4.78 is 43.7. The van der Waals surface area contributed by atoms with Gasteiger partial charge >= 0.3 is 12.1 Å². The predicted octanol–water partition coefficient (Wildman–Crippen LogP) is 5.47. The number of anilines is 1. The molecule has 32 heavy (non-hydrogen) atoms. The Morgan fingerprint density at radius 1 is 0.938 bits per heavy atom. The molecule has 8 heteroatoms. The number of alkyl halides is 3. The summed E-state index contributed by atoms with van der Waals surface area (Å²) in [6.07, 6.45) is -3.29. The first-order valence-corrected chi connectivity index (χ1v) is 9.24. The number of ether oxygens (including phenoxy) is 1. The van der Waals surface area contributed by atoms with Gasteiger partial charge in [0.1, 0.15) is 17.4 Å². The maximum Gasteiger partial charge on any atom is 0.416 e. The first kappa shape index (κ1) is 22.3. The Kier molecular flexibility index (Phi) is 6.71. The minimum Gasteiger partial charge on any atom is -0.423 e. The Balaban J connectivity index is 1.70. The van der Waals surface area contributed by atoms with E-state index in [9.17, 15) is 28.0 Å². The van der Waals surface area contributed by atoms with Crippen LogP contribution in [0.2, 0.25) is 0 Å². The molecule has 0 atom stereocenters. The molecule has 0 fully saturated rings. The molecule has 5 nitrogen and oxygen atoms in total. The smallest absolute Gasteiger partial charge is 0.416 e. The molecule has 0 aliphatic heterocycles. The van der Waals surface area contributed by atoms with Crippen LogP contribution >= 0.6 is 0 Å². The van der Waals surface area contributed by atoms with Crippen LogP contribution < -0.4 is 10.1 Å². The fraction of sp³-hybridized carbons (Fsp3) is 0.0417. The largest absolute Gasteiger partial charge is 0.423 e. The number of hydrogen-bond acceptors (Lipinski definition) is 4. The van der Waals surface area contributed by atoms with E-state index in [0.29, 0.717) is 11.1 Å². The molecule has 0 aliphatic carbocycles. The summed E-state index contributed by atoms with van der Waals surface area (Å²) in [7, 11) is 0. The Morgan fingerprint density at radius 2 is 1.62 bits per heavy atom. The third-order valence-corrected chi connectivity index (χ3v) is 4.22. The Bertz CT molecular complexity index is 1200. The molecule has 1 amide bonds. The quantitative estimate of drug-likeness (QED) is 0.249. The van der Waals surface area contributed by atoms with Crippen LogP contribution in [0.5, 0.6) is 5.75 Å². The van der Waals surface area contributed by atoms with Gasteiger partial charge in [-0.3, -0.25) is 4.79 Å².